The monoisotopic (exact) mass is 442 g/mol. The van der Waals surface area contributed by atoms with Crippen LogP contribution in [0.4, 0.5) is 0 Å². The minimum absolute atomic E-state index is 0.0585. The van der Waals surface area contributed by atoms with E-state index in [1.54, 1.807) is 0 Å². The molecule has 0 aromatic carbocycles. The van der Waals surface area contributed by atoms with Gasteiger partial charge < -0.3 is 5.32 Å². The molecule has 6 heteroatoms. The van der Waals surface area contributed by atoms with Gasteiger partial charge in [0, 0.05) is 11.3 Å². The van der Waals surface area contributed by atoms with Gasteiger partial charge >= 0.3 is 0 Å². The number of hydrazone groups is 1. The number of rotatable bonds is 7. The van der Waals surface area contributed by atoms with Gasteiger partial charge in [-0.2, -0.15) is 15.1 Å². The molecule has 1 fully saturated rings. The molecule has 0 radical (unpaired) electrons. The first kappa shape index (κ1) is 24.9. The molecule has 1 unspecified atom stereocenters. The molecule has 1 N–H and O–H groups in total. The first-order valence-corrected chi connectivity index (χ1v) is 12.5. The quantitative estimate of drug-likeness (QED) is 0.479. The van der Waals surface area contributed by atoms with E-state index in [9.17, 15) is 0 Å². The molecule has 6 nitrogen and oxygen atoms in total. The number of aliphatic imine (C=N–C) groups is 3. The molecule has 3 rings (SSSR count). The average Bonchev–Trinajstić information content (AvgIpc) is 2.60. The molecule has 180 valence electrons. The Morgan fingerprint density at radius 2 is 1.59 bits per heavy atom. The van der Waals surface area contributed by atoms with Gasteiger partial charge in [-0.3, -0.25) is 5.01 Å². The van der Waals surface area contributed by atoms with E-state index in [0.717, 1.165) is 43.3 Å². The summed E-state index contributed by atoms with van der Waals surface area (Å²) in [5.41, 5.74) is 1.67. The van der Waals surface area contributed by atoms with Crippen molar-refractivity contribution in [3.05, 3.63) is 0 Å². The summed E-state index contributed by atoms with van der Waals surface area (Å²) >= 11 is 0. The lowest BCUT2D eigenvalue weighted by atomic mass is 9.81. The van der Waals surface area contributed by atoms with Gasteiger partial charge in [0.1, 0.15) is 11.7 Å². The topological polar surface area (TPSA) is 64.7 Å². The highest BCUT2D eigenvalue weighted by molar-refractivity contribution is 6.27. The van der Waals surface area contributed by atoms with Crippen molar-refractivity contribution in [3.8, 4) is 0 Å². The number of hydrogen-bond donors (Lipinski definition) is 1. The van der Waals surface area contributed by atoms with Crippen molar-refractivity contribution in [1.82, 2.24) is 10.3 Å². The van der Waals surface area contributed by atoms with E-state index in [2.05, 4.69) is 84.6 Å². The average molecular weight is 443 g/mol. The van der Waals surface area contributed by atoms with Gasteiger partial charge in [0.15, 0.2) is 0 Å². The molecule has 3 aliphatic rings. The molecule has 1 saturated heterocycles. The minimum Gasteiger partial charge on any atom is -0.349 e. The van der Waals surface area contributed by atoms with Gasteiger partial charge in [0.2, 0.25) is 5.96 Å². The summed E-state index contributed by atoms with van der Waals surface area (Å²) in [4.78, 5) is 14.0. The summed E-state index contributed by atoms with van der Waals surface area (Å²) in [6, 6.07) is 0. The van der Waals surface area contributed by atoms with Crippen LogP contribution in [0.2, 0.25) is 0 Å². The molecule has 0 aliphatic carbocycles. The molecule has 2 bridgehead atoms. The van der Waals surface area contributed by atoms with Gasteiger partial charge in [0.25, 0.3) is 0 Å². The molecule has 0 aromatic heterocycles. The lowest BCUT2D eigenvalue weighted by molar-refractivity contribution is -0.0250. The molecular formula is C26H46N6. The van der Waals surface area contributed by atoms with Gasteiger partial charge in [-0.15, -0.1) is 0 Å². The molecule has 0 aromatic rings. The molecule has 3 aliphatic heterocycles. The zero-order valence-electron chi connectivity index (χ0n) is 22.3. The van der Waals surface area contributed by atoms with Gasteiger partial charge in [-0.05, 0) is 91.9 Å². The van der Waals surface area contributed by atoms with Gasteiger partial charge in [-0.25, -0.2) is 4.99 Å². The fourth-order valence-electron chi connectivity index (χ4n) is 5.76. The number of nitrogens with zero attached hydrogens (tertiary/aromatic N) is 5. The van der Waals surface area contributed by atoms with Crippen LogP contribution in [0.15, 0.2) is 20.1 Å². The van der Waals surface area contributed by atoms with Crippen LogP contribution in [0, 0.1) is 11.3 Å². The van der Waals surface area contributed by atoms with Crippen LogP contribution in [-0.2, 0) is 0 Å². The predicted octanol–water partition coefficient (Wildman–Crippen LogP) is 6.18. The van der Waals surface area contributed by atoms with Crippen LogP contribution < -0.4 is 5.32 Å². The Morgan fingerprint density at radius 3 is 2.09 bits per heavy atom. The standard InChI is InChI=1S/C26H46N6/c1-11-18(31-32-25(7,8)15-12-16-26(32,9)10)13-14-19-20-27-21(19)29-22(28-20)30-24(5,6)17-23(2,3)4/h19H,11-17H2,1-10H3,(H,27,28,29,30). The Hall–Kier alpha value is -1.72. The second-order valence-corrected chi connectivity index (χ2v) is 13.0. The van der Waals surface area contributed by atoms with Crippen LogP contribution in [-0.4, -0.2) is 45.0 Å². The Bertz CT molecular complexity index is 814. The second-order valence-electron chi connectivity index (χ2n) is 13.0. The van der Waals surface area contributed by atoms with Crippen LogP contribution in [0.5, 0.6) is 0 Å². The van der Waals surface area contributed by atoms with Crippen molar-refractivity contribution < 1.29 is 0 Å². The second kappa shape index (κ2) is 8.57. The molecule has 1 atom stereocenters. The van der Waals surface area contributed by atoms with E-state index in [4.69, 9.17) is 15.1 Å². The minimum atomic E-state index is -0.0585. The van der Waals surface area contributed by atoms with E-state index in [-0.39, 0.29) is 27.9 Å². The Kier molecular flexibility index (Phi) is 6.67. The van der Waals surface area contributed by atoms with Crippen molar-refractivity contribution in [2.45, 2.75) is 131 Å². The lowest BCUT2D eigenvalue weighted by Crippen LogP contribution is -2.55. The number of guanidine groups is 1. The lowest BCUT2D eigenvalue weighted by Gasteiger charge is -2.51. The number of nitrogens with one attached hydrogen (secondary N) is 1. The summed E-state index contributed by atoms with van der Waals surface area (Å²) in [6.45, 7) is 22.8. The van der Waals surface area contributed by atoms with Crippen LogP contribution in [0.3, 0.4) is 0 Å². The third kappa shape index (κ3) is 5.79. The summed E-state index contributed by atoms with van der Waals surface area (Å²) in [5, 5.41) is 11.1. The Morgan fingerprint density at radius 1 is 1.00 bits per heavy atom. The maximum absolute atomic E-state index is 5.20. The fraction of sp³-hybridized carbons (Fsp3) is 0.846. The zero-order valence-corrected chi connectivity index (χ0v) is 22.3. The number of piperidine rings is 1. The first-order valence-electron chi connectivity index (χ1n) is 12.5. The zero-order chi connectivity index (χ0) is 23.9. The molecule has 0 spiro atoms. The van der Waals surface area contributed by atoms with Gasteiger partial charge in [0.05, 0.1) is 17.0 Å². The highest BCUT2D eigenvalue weighted by Gasteiger charge is 2.41. The summed E-state index contributed by atoms with van der Waals surface area (Å²) in [7, 11) is 0. The normalized spacial score (nSPS) is 24.9. The number of amidine groups is 2. The molecule has 3 heterocycles. The predicted molar refractivity (Wildman–Crippen MR) is 138 cm³/mol. The summed E-state index contributed by atoms with van der Waals surface area (Å²) in [5.74, 6) is 2.83. The Labute approximate surface area is 196 Å². The Balaban J connectivity index is 1.61. The summed E-state index contributed by atoms with van der Waals surface area (Å²) < 4.78 is 0. The SMILES string of the molecule is CCC(CCC1c2nc(NC(C)(C)CC(C)(C)C)nc1n2)=NN1C(C)(C)CCCC1(C)C. The van der Waals surface area contributed by atoms with Gasteiger partial charge in [-0.1, -0.05) is 27.7 Å². The third-order valence-electron chi connectivity index (χ3n) is 6.81. The third-order valence-corrected chi connectivity index (χ3v) is 6.81. The van der Waals surface area contributed by atoms with E-state index in [0.29, 0.717) is 0 Å². The van der Waals surface area contributed by atoms with Crippen molar-refractivity contribution in [1.29, 1.82) is 0 Å². The van der Waals surface area contributed by atoms with Crippen LogP contribution in [0.1, 0.15) is 114 Å². The highest BCUT2D eigenvalue weighted by Crippen LogP contribution is 2.39. The molecule has 0 saturated carbocycles. The van der Waals surface area contributed by atoms with Crippen LogP contribution >= 0.6 is 0 Å². The number of hydrogen-bond acceptors (Lipinski definition) is 6. The summed E-state index contributed by atoms with van der Waals surface area (Å²) in [6.07, 6.45) is 7.64. The molecular weight excluding hydrogens is 396 g/mol. The maximum Gasteiger partial charge on any atom is 0.226 e. The highest BCUT2D eigenvalue weighted by atomic mass is 15.5. The first-order chi connectivity index (χ1) is 14.6. The van der Waals surface area contributed by atoms with Crippen molar-refractivity contribution in [2.24, 2.45) is 31.4 Å². The van der Waals surface area contributed by atoms with Crippen molar-refractivity contribution in [2.75, 3.05) is 0 Å². The smallest absolute Gasteiger partial charge is 0.226 e. The maximum atomic E-state index is 5.20. The molecule has 0 amide bonds. The van der Waals surface area contributed by atoms with E-state index in [1.165, 1.54) is 25.0 Å². The van der Waals surface area contributed by atoms with E-state index < -0.39 is 0 Å². The fourth-order valence-corrected chi connectivity index (χ4v) is 5.76. The van der Waals surface area contributed by atoms with E-state index >= 15 is 0 Å². The largest absolute Gasteiger partial charge is 0.349 e. The van der Waals surface area contributed by atoms with Crippen molar-refractivity contribution in [3.63, 3.8) is 0 Å². The number of fused-ring (bicyclic) bond motifs is 2. The van der Waals surface area contributed by atoms with Crippen molar-refractivity contribution >= 4 is 23.3 Å². The van der Waals surface area contributed by atoms with Crippen LogP contribution in [0.25, 0.3) is 0 Å². The molecule has 32 heavy (non-hydrogen) atoms. The van der Waals surface area contributed by atoms with E-state index in [1.807, 2.05) is 0 Å².